The molecule has 0 radical (unpaired) electrons. The van der Waals surface area contributed by atoms with Crippen LogP contribution in [0, 0.1) is 23.3 Å². The molecule has 4 aromatic rings. The van der Waals surface area contributed by atoms with Crippen molar-refractivity contribution in [1.82, 2.24) is 0 Å². The summed E-state index contributed by atoms with van der Waals surface area (Å²) >= 11 is 0. The molecule has 4 rings (SSSR count). The molecule has 0 aliphatic carbocycles. The quantitative estimate of drug-likeness (QED) is 0.240. The number of halogens is 4. The maximum Gasteiger partial charge on any atom is 0.134 e. The van der Waals surface area contributed by atoms with Gasteiger partial charge in [0.1, 0.15) is 23.3 Å². The lowest BCUT2D eigenvalue weighted by atomic mass is 9.95. The Kier molecular flexibility index (Phi) is 7.16. The Hall–Kier alpha value is -3.40. The Bertz CT molecular complexity index is 1280. The van der Waals surface area contributed by atoms with Crippen molar-refractivity contribution in [3.63, 3.8) is 0 Å². The molecule has 34 heavy (non-hydrogen) atoms. The molecule has 0 aromatic heterocycles. The van der Waals surface area contributed by atoms with Crippen molar-refractivity contribution in [3.05, 3.63) is 107 Å². The highest BCUT2D eigenvalue weighted by atomic mass is 19.1. The van der Waals surface area contributed by atoms with Crippen molar-refractivity contribution in [2.24, 2.45) is 0 Å². The van der Waals surface area contributed by atoms with Crippen molar-refractivity contribution < 1.29 is 17.6 Å². The second-order valence-corrected chi connectivity index (χ2v) is 8.52. The van der Waals surface area contributed by atoms with Gasteiger partial charge in [0.05, 0.1) is 5.56 Å². The van der Waals surface area contributed by atoms with Crippen molar-refractivity contribution in [1.29, 1.82) is 0 Å². The van der Waals surface area contributed by atoms with Crippen LogP contribution in [0.5, 0.6) is 0 Å². The Morgan fingerprint density at radius 2 is 0.971 bits per heavy atom. The first kappa shape index (κ1) is 23.7. The molecule has 0 atom stereocenters. The van der Waals surface area contributed by atoms with Gasteiger partial charge in [-0.05, 0) is 64.9 Å². The summed E-state index contributed by atoms with van der Waals surface area (Å²) < 4.78 is 59.4. The molecule has 0 spiro atoms. The summed E-state index contributed by atoms with van der Waals surface area (Å²) in [5.74, 6) is -2.94. The number of aryl methyl sites for hydroxylation is 2. The molecule has 0 aliphatic heterocycles. The van der Waals surface area contributed by atoms with Crippen LogP contribution in [0.2, 0.25) is 0 Å². The highest BCUT2D eigenvalue weighted by Crippen LogP contribution is 2.34. The van der Waals surface area contributed by atoms with Crippen molar-refractivity contribution in [2.75, 3.05) is 0 Å². The summed E-state index contributed by atoms with van der Waals surface area (Å²) in [6.07, 6.45) is 3.52. The summed E-state index contributed by atoms with van der Waals surface area (Å²) in [6, 6.07) is 18.8. The summed E-state index contributed by atoms with van der Waals surface area (Å²) in [4.78, 5) is 0. The average molecular weight is 463 g/mol. The minimum atomic E-state index is -0.895. The number of benzene rings is 4. The fourth-order valence-corrected chi connectivity index (χ4v) is 4.27. The van der Waals surface area contributed by atoms with E-state index >= 15 is 0 Å². The molecule has 174 valence electrons. The van der Waals surface area contributed by atoms with Crippen LogP contribution in [0.15, 0.2) is 72.8 Å². The number of hydrogen-bond donors (Lipinski definition) is 0. The smallest absolute Gasteiger partial charge is 0.134 e. The van der Waals surface area contributed by atoms with Crippen LogP contribution in [0.3, 0.4) is 0 Å². The molecule has 0 fully saturated rings. The van der Waals surface area contributed by atoms with E-state index in [1.54, 1.807) is 18.2 Å². The second kappa shape index (κ2) is 10.3. The Morgan fingerprint density at radius 3 is 1.56 bits per heavy atom. The molecule has 0 saturated heterocycles. The van der Waals surface area contributed by atoms with Gasteiger partial charge in [-0.15, -0.1) is 0 Å². The summed E-state index contributed by atoms with van der Waals surface area (Å²) in [7, 11) is 0. The lowest BCUT2D eigenvalue weighted by Gasteiger charge is -2.12. The summed E-state index contributed by atoms with van der Waals surface area (Å²) in [5, 5.41) is 0. The number of hydrogen-bond acceptors (Lipinski definition) is 0. The van der Waals surface area contributed by atoms with E-state index in [1.807, 2.05) is 31.2 Å². The first-order valence-electron chi connectivity index (χ1n) is 11.6. The van der Waals surface area contributed by atoms with Crippen LogP contribution in [-0.2, 0) is 12.8 Å². The van der Waals surface area contributed by atoms with Crippen LogP contribution in [0.25, 0.3) is 33.4 Å². The summed E-state index contributed by atoms with van der Waals surface area (Å²) in [6.45, 7) is 4.08. The van der Waals surface area contributed by atoms with Crippen LogP contribution in [-0.4, -0.2) is 0 Å². The molecule has 0 saturated carbocycles. The molecule has 0 unspecified atom stereocenters. The Balaban J connectivity index is 1.66. The Morgan fingerprint density at radius 1 is 0.471 bits per heavy atom. The highest BCUT2D eigenvalue weighted by molar-refractivity contribution is 5.75. The van der Waals surface area contributed by atoms with E-state index in [1.165, 1.54) is 23.8 Å². The van der Waals surface area contributed by atoms with E-state index in [-0.39, 0.29) is 11.1 Å². The molecule has 4 heteroatoms. The standard InChI is InChI=1S/C30H26F4/c1-3-5-19-7-10-21(11-8-19)24-14-12-22(16-27(24)32)23-17-28(33)30(29(34)18-23)25-13-9-20(6-4-2)15-26(25)31/h7-18H,3-6H2,1-2H3. The first-order valence-corrected chi connectivity index (χ1v) is 11.6. The first-order chi connectivity index (χ1) is 16.4. The van der Waals surface area contributed by atoms with E-state index in [0.29, 0.717) is 17.5 Å². The van der Waals surface area contributed by atoms with Gasteiger partial charge in [0, 0.05) is 11.1 Å². The third-order valence-electron chi connectivity index (χ3n) is 5.99. The molecular weight excluding hydrogens is 436 g/mol. The van der Waals surface area contributed by atoms with Gasteiger partial charge in [0.25, 0.3) is 0 Å². The van der Waals surface area contributed by atoms with Gasteiger partial charge in [-0.25, -0.2) is 17.6 Å². The molecular formula is C30H26F4. The van der Waals surface area contributed by atoms with Crippen molar-refractivity contribution >= 4 is 0 Å². The van der Waals surface area contributed by atoms with Crippen molar-refractivity contribution in [2.45, 2.75) is 39.5 Å². The van der Waals surface area contributed by atoms with Gasteiger partial charge >= 0.3 is 0 Å². The number of rotatable bonds is 7. The van der Waals surface area contributed by atoms with Gasteiger partial charge in [0.2, 0.25) is 0 Å². The molecule has 0 aliphatic rings. The lowest BCUT2D eigenvalue weighted by Crippen LogP contribution is -1.96. The third kappa shape index (κ3) is 4.91. The van der Waals surface area contributed by atoms with E-state index in [2.05, 4.69) is 6.92 Å². The molecule has 0 heterocycles. The van der Waals surface area contributed by atoms with Gasteiger partial charge < -0.3 is 0 Å². The normalized spacial score (nSPS) is 11.1. The maximum atomic E-state index is 15.0. The molecule has 4 aromatic carbocycles. The van der Waals surface area contributed by atoms with Crippen LogP contribution in [0.4, 0.5) is 17.6 Å². The van der Waals surface area contributed by atoms with E-state index < -0.39 is 28.8 Å². The maximum absolute atomic E-state index is 15.0. The van der Waals surface area contributed by atoms with Crippen LogP contribution < -0.4 is 0 Å². The predicted octanol–water partition coefficient (Wildman–Crippen LogP) is 9.15. The molecule has 0 amide bonds. The Labute approximate surface area is 197 Å². The molecule has 0 bridgehead atoms. The highest BCUT2D eigenvalue weighted by Gasteiger charge is 2.18. The second-order valence-electron chi connectivity index (χ2n) is 8.52. The van der Waals surface area contributed by atoms with E-state index in [9.17, 15) is 17.6 Å². The zero-order valence-corrected chi connectivity index (χ0v) is 19.3. The van der Waals surface area contributed by atoms with Gasteiger partial charge in [-0.2, -0.15) is 0 Å². The van der Waals surface area contributed by atoms with Crippen LogP contribution in [0.1, 0.15) is 37.8 Å². The summed E-state index contributed by atoms with van der Waals surface area (Å²) in [5.41, 5.74) is 3.08. The molecule has 0 nitrogen and oxygen atoms in total. The lowest BCUT2D eigenvalue weighted by molar-refractivity contribution is 0.582. The van der Waals surface area contributed by atoms with Gasteiger partial charge in [0.15, 0.2) is 0 Å². The minimum absolute atomic E-state index is 0.130. The SMILES string of the molecule is CCCc1ccc(-c2ccc(-c3cc(F)c(-c4ccc(CCC)cc4F)c(F)c3)cc2F)cc1. The zero-order chi connectivity index (χ0) is 24.2. The fraction of sp³-hybridized carbons (Fsp3) is 0.200. The predicted molar refractivity (Wildman–Crippen MR) is 131 cm³/mol. The average Bonchev–Trinajstić information content (AvgIpc) is 2.81. The molecule has 0 N–H and O–H groups in total. The van der Waals surface area contributed by atoms with E-state index in [4.69, 9.17) is 0 Å². The zero-order valence-electron chi connectivity index (χ0n) is 19.3. The monoisotopic (exact) mass is 462 g/mol. The fourth-order valence-electron chi connectivity index (χ4n) is 4.27. The van der Waals surface area contributed by atoms with E-state index in [0.717, 1.165) is 42.5 Å². The van der Waals surface area contributed by atoms with Crippen molar-refractivity contribution in [3.8, 4) is 33.4 Å². The van der Waals surface area contributed by atoms with Gasteiger partial charge in [-0.1, -0.05) is 75.2 Å². The van der Waals surface area contributed by atoms with Crippen LogP contribution >= 0.6 is 0 Å². The minimum Gasteiger partial charge on any atom is -0.206 e. The largest absolute Gasteiger partial charge is 0.206 e. The topological polar surface area (TPSA) is 0 Å². The van der Waals surface area contributed by atoms with Gasteiger partial charge in [-0.3, -0.25) is 0 Å². The third-order valence-corrected chi connectivity index (χ3v) is 5.99.